The van der Waals surface area contributed by atoms with Crippen LogP contribution >= 0.6 is 47.2 Å². The second kappa shape index (κ2) is 8.87. The molecule has 0 unspecified atom stereocenters. The molecule has 0 radical (unpaired) electrons. The molecule has 0 fully saturated rings. The van der Waals surface area contributed by atoms with Crippen LogP contribution in [0.1, 0.15) is 19.0 Å². The van der Waals surface area contributed by atoms with Gasteiger partial charge in [0.2, 0.25) is 0 Å². The average molecular weight is 405 g/mol. The minimum absolute atomic E-state index is 0. The lowest BCUT2D eigenvalue weighted by molar-refractivity contribution is 0.742. The third kappa shape index (κ3) is 4.85. The summed E-state index contributed by atoms with van der Waals surface area (Å²) in [5.41, 5.74) is 1.01. The van der Waals surface area contributed by atoms with E-state index in [1.54, 1.807) is 7.05 Å². The molecule has 7 heteroatoms. The predicted molar refractivity (Wildman–Crippen MR) is 89.3 cm³/mol. The Bertz CT molecular complexity index is 404. The van der Waals surface area contributed by atoms with Gasteiger partial charge in [-0.15, -0.1) is 24.0 Å². The SMILES string of the molecule is CCCNC(=NC)NCc1cc(Cl)c(Cl)n1C.I. The van der Waals surface area contributed by atoms with E-state index in [1.165, 1.54) is 0 Å². The number of halogens is 3. The molecular weight excluding hydrogens is 386 g/mol. The topological polar surface area (TPSA) is 41.4 Å². The van der Waals surface area contributed by atoms with Gasteiger partial charge in [0, 0.05) is 26.3 Å². The van der Waals surface area contributed by atoms with Crippen molar-refractivity contribution >= 4 is 53.1 Å². The molecule has 0 aromatic carbocycles. The van der Waals surface area contributed by atoms with Gasteiger partial charge in [-0.3, -0.25) is 4.99 Å². The highest BCUT2D eigenvalue weighted by Crippen LogP contribution is 2.24. The zero-order valence-electron chi connectivity index (χ0n) is 10.8. The number of aromatic nitrogens is 1. The van der Waals surface area contributed by atoms with Gasteiger partial charge in [0.15, 0.2) is 5.96 Å². The quantitative estimate of drug-likeness (QED) is 0.460. The molecule has 0 atom stereocenters. The normalized spacial score (nSPS) is 11.1. The van der Waals surface area contributed by atoms with Crippen molar-refractivity contribution in [3.8, 4) is 0 Å². The van der Waals surface area contributed by atoms with Crippen molar-refractivity contribution in [3.63, 3.8) is 0 Å². The van der Waals surface area contributed by atoms with Crippen molar-refractivity contribution in [2.45, 2.75) is 19.9 Å². The van der Waals surface area contributed by atoms with E-state index in [0.29, 0.717) is 16.7 Å². The molecule has 1 aromatic rings. The lowest BCUT2D eigenvalue weighted by Gasteiger charge is -2.11. The summed E-state index contributed by atoms with van der Waals surface area (Å²) in [5.74, 6) is 0.778. The fourth-order valence-electron chi connectivity index (χ4n) is 1.40. The molecular formula is C11H19Cl2IN4. The van der Waals surface area contributed by atoms with E-state index in [2.05, 4.69) is 22.5 Å². The Balaban J connectivity index is 0.00000289. The first-order valence-electron chi connectivity index (χ1n) is 5.54. The van der Waals surface area contributed by atoms with Crippen LogP contribution in [0, 0.1) is 0 Å². The molecule has 0 aliphatic heterocycles. The van der Waals surface area contributed by atoms with Crippen molar-refractivity contribution in [2.75, 3.05) is 13.6 Å². The number of nitrogens with zero attached hydrogens (tertiary/aromatic N) is 2. The minimum Gasteiger partial charge on any atom is -0.356 e. The Morgan fingerprint density at radius 3 is 2.50 bits per heavy atom. The van der Waals surface area contributed by atoms with E-state index in [-0.39, 0.29) is 24.0 Å². The smallest absolute Gasteiger partial charge is 0.191 e. The number of nitrogens with one attached hydrogen (secondary N) is 2. The molecule has 1 heterocycles. The van der Waals surface area contributed by atoms with Gasteiger partial charge in [-0.2, -0.15) is 0 Å². The molecule has 4 nitrogen and oxygen atoms in total. The predicted octanol–water partition coefficient (Wildman–Crippen LogP) is 3.02. The Morgan fingerprint density at radius 1 is 1.39 bits per heavy atom. The van der Waals surface area contributed by atoms with Crippen molar-refractivity contribution < 1.29 is 0 Å². The molecule has 1 rings (SSSR count). The summed E-state index contributed by atoms with van der Waals surface area (Å²) in [5, 5.41) is 7.52. The van der Waals surface area contributed by atoms with Crippen molar-refractivity contribution in [1.29, 1.82) is 0 Å². The fourth-order valence-corrected chi connectivity index (χ4v) is 1.81. The first-order valence-corrected chi connectivity index (χ1v) is 6.29. The van der Waals surface area contributed by atoms with E-state index in [0.717, 1.165) is 24.6 Å². The summed E-state index contributed by atoms with van der Waals surface area (Å²) < 4.78 is 1.85. The fraction of sp³-hybridized carbons (Fsp3) is 0.545. The van der Waals surface area contributed by atoms with Crippen molar-refractivity contribution in [3.05, 3.63) is 21.9 Å². The second-order valence-electron chi connectivity index (χ2n) is 3.69. The Hall–Kier alpha value is -0.140. The zero-order valence-corrected chi connectivity index (χ0v) is 14.6. The number of guanidine groups is 1. The van der Waals surface area contributed by atoms with Crippen LogP contribution in [0.4, 0.5) is 0 Å². The summed E-state index contributed by atoms with van der Waals surface area (Å²) in [6, 6.07) is 1.85. The summed E-state index contributed by atoms with van der Waals surface area (Å²) in [4.78, 5) is 4.12. The van der Waals surface area contributed by atoms with Gasteiger partial charge < -0.3 is 15.2 Å². The summed E-state index contributed by atoms with van der Waals surface area (Å²) in [7, 11) is 3.63. The van der Waals surface area contributed by atoms with Crippen molar-refractivity contribution in [1.82, 2.24) is 15.2 Å². The van der Waals surface area contributed by atoms with E-state index in [4.69, 9.17) is 23.2 Å². The highest BCUT2D eigenvalue weighted by Gasteiger charge is 2.08. The molecule has 104 valence electrons. The van der Waals surface area contributed by atoms with E-state index >= 15 is 0 Å². The lowest BCUT2D eigenvalue weighted by atomic mass is 10.4. The van der Waals surface area contributed by atoms with Crippen LogP contribution in [0.3, 0.4) is 0 Å². The molecule has 2 N–H and O–H groups in total. The van der Waals surface area contributed by atoms with Crippen LogP contribution in [0.15, 0.2) is 11.1 Å². The molecule has 0 spiro atoms. The largest absolute Gasteiger partial charge is 0.356 e. The van der Waals surface area contributed by atoms with E-state index < -0.39 is 0 Å². The van der Waals surface area contributed by atoms with Gasteiger partial charge in [-0.05, 0) is 12.5 Å². The third-order valence-corrected chi connectivity index (χ3v) is 3.26. The Kier molecular flexibility index (Phi) is 8.81. The van der Waals surface area contributed by atoms with Crippen molar-refractivity contribution in [2.24, 2.45) is 12.0 Å². The molecule has 0 saturated heterocycles. The third-order valence-electron chi connectivity index (χ3n) is 2.42. The summed E-state index contributed by atoms with van der Waals surface area (Å²) in [6.45, 7) is 3.64. The first-order chi connectivity index (χ1) is 8.10. The van der Waals surface area contributed by atoms with Gasteiger partial charge in [0.05, 0.1) is 11.6 Å². The maximum absolute atomic E-state index is 5.99. The van der Waals surface area contributed by atoms with E-state index in [9.17, 15) is 0 Å². The van der Waals surface area contributed by atoms with Crippen LogP contribution in [-0.4, -0.2) is 24.1 Å². The molecule has 0 aliphatic rings. The highest BCUT2D eigenvalue weighted by molar-refractivity contribution is 14.0. The van der Waals surface area contributed by atoms with Crippen LogP contribution < -0.4 is 10.6 Å². The van der Waals surface area contributed by atoms with E-state index in [1.807, 2.05) is 17.7 Å². The number of rotatable bonds is 4. The van der Waals surface area contributed by atoms with Gasteiger partial charge in [-0.1, -0.05) is 30.1 Å². The van der Waals surface area contributed by atoms with Gasteiger partial charge in [-0.25, -0.2) is 0 Å². The van der Waals surface area contributed by atoms with Gasteiger partial charge >= 0.3 is 0 Å². The molecule has 0 saturated carbocycles. The molecule has 0 aliphatic carbocycles. The molecule has 0 amide bonds. The van der Waals surface area contributed by atoms with Crippen LogP contribution in [0.5, 0.6) is 0 Å². The van der Waals surface area contributed by atoms with Gasteiger partial charge in [0.25, 0.3) is 0 Å². The minimum atomic E-state index is 0. The van der Waals surface area contributed by atoms with Crippen LogP contribution in [-0.2, 0) is 13.6 Å². The zero-order chi connectivity index (χ0) is 12.8. The van der Waals surface area contributed by atoms with Gasteiger partial charge in [0.1, 0.15) is 5.15 Å². The maximum Gasteiger partial charge on any atom is 0.191 e. The number of hydrogen-bond donors (Lipinski definition) is 2. The molecule has 0 bridgehead atoms. The first kappa shape index (κ1) is 17.9. The monoisotopic (exact) mass is 404 g/mol. The summed E-state index contributed by atoms with van der Waals surface area (Å²) >= 11 is 11.9. The number of aliphatic imine (C=N–C) groups is 1. The van der Waals surface area contributed by atoms with Crippen LogP contribution in [0.25, 0.3) is 0 Å². The maximum atomic E-state index is 5.99. The van der Waals surface area contributed by atoms with Crippen LogP contribution in [0.2, 0.25) is 10.2 Å². The number of hydrogen-bond acceptors (Lipinski definition) is 1. The highest BCUT2D eigenvalue weighted by atomic mass is 127. The Morgan fingerprint density at radius 2 is 2.06 bits per heavy atom. The molecule has 1 aromatic heterocycles. The Labute approximate surface area is 135 Å². The average Bonchev–Trinajstić information content (AvgIpc) is 2.57. The molecule has 18 heavy (non-hydrogen) atoms. The summed E-state index contributed by atoms with van der Waals surface area (Å²) in [6.07, 6.45) is 1.06. The second-order valence-corrected chi connectivity index (χ2v) is 4.45. The lowest BCUT2D eigenvalue weighted by Crippen LogP contribution is -2.37. The standard InChI is InChI=1S/C11H18Cl2N4.HI/c1-4-5-15-11(14-2)16-7-8-6-9(12)10(13)17(8)3;/h6H,4-5,7H2,1-3H3,(H2,14,15,16);1H.